The minimum Gasteiger partial charge on any atom is -0.357 e. The Morgan fingerprint density at radius 1 is 1.04 bits per heavy atom. The number of aliphatic imine (C=N–C) groups is 1. The van der Waals surface area contributed by atoms with E-state index in [0.717, 1.165) is 27.8 Å². The fraction of sp³-hybridized carbons (Fsp3) is 0.167. The minimum atomic E-state index is 0.631. The van der Waals surface area contributed by atoms with Crippen molar-refractivity contribution in [2.24, 2.45) is 4.99 Å². The molecular formula is C18H19ClN4. The lowest BCUT2D eigenvalue weighted by Gasteiger charge is -2.12. The fourth-order valence-corrected chi connectivity index (χ4v) is 2.65. The number of aromatic amines is 1. The molecule has 0 amide bonds. The van der Waals surface area contributed by atoms with Gasteiger partial charge in [-0.3, -0.25) is 4.99 Å². The zero-order valence-electron chi connectivity index (χ0n) is 12.9. The summed E-state index contributed by atoms with van der Waals surface area (Å²) < 4.78 is 0. The van der Waals surface area contributed by atoms with Gasteiger partial charge in [-0.25, -0.2) is 0 Å². The number of halogens is 1. The number of fused-ring (bicyclic) bond motifs is 1. The van der Waals surface area contributed by atoms with Crippen LogP contribution in [0.25, 0.3) is 10.9 Å². The summed E-state index contributed by atoms with van der Waals surface area (Å²) >= 11 is 6.16. The monoisotopic (exact) mass is 326 g/mol. The molecule has 0 aliphatic rings. The molecule has 1 heterocycles. The quantitative estimate of drug-likeness (QED) is 0.506. The lowest BCUT2D eigenvalue weighted by atomic mass is 10.2. The Labute approximate surface area is 140 Å². The van der Waals surface area contributed by atoms with Crippen LogP contribution in [-0.2, 0) is 13.1 Å². The number of rotatable bonds is 4. The van der Waals surface area contributed by atoms with Gasteiger partial charge in [0.15, 0.2) is 5.96 Å². The highest BCUT2D eigenvalue weighted by Gasteiger charge is 2.03. The molecule has 0 aliphatic heterocycles. The molecule has 5 heteroatoms. The molecule has 0 saturated carbocycles. The zero-order chi connectivity index (χ0) is 16.1. The first-order valence-electron chi connectivity index (χ1n) is 7.51. The van der Waals surface area contributed by atoms with Gasteiger partial charge in [0.25, 0.3) is 0 Å². The van der Waals surface area contributed by atoms with Gasteiger partial charge < -0.3 is 15.6 Å². The molecule has 3 N–H and O–H groups in total. The van der Waals surface area contributed by atoms with E-state index in [-0.39, 0.29) is 0 Å². The van der Waals surface area contributed by atoms with Crippen molar-refractivity contribution >= 4 is 28.5 Å². The Bertz CT molecular complexity index is 790. The standard InChI is InChI=1S/C18H19ClN4/c1-20-18(21-11-14-7-2-4-8-16(14)19)22-12-15-10-13-6-3-5-9-17(13)23-15/h2-10,23H,11-12H2,1H3,(H2,20,21,22). The van der Waals surface area contributed by atoms with E-state index in [1.807, 2.05) is 36.4 Å². The molecule has 0 bridgehead atoms. The number of hydrogen-bond acceptors (Lipinski definition) is 1. The molecule has 0 saturated heterocycles. The summed E-state index contributed by atoms with van der Waals surface area (Å²) in [6.45, 7) is 1.31. The van der Waals surface area contributed by atoms with Crippen molar-refractivity contribution in [2.75, 3.05) is 7.05 Å². The van der Waals surface area contributed by atoms with Crippen LogP contribution in [0.15, 0.2) is 59.6 Å². The second-order valence-corrected chi connectivity index (χ2v) is 5.66. The first-order valence-corrected chi connectivity index (χ1v) is 7.88. The van der Waals surface area contributed by atoms with Gasteiger partial charge in [0, 0.05) is 29.8 Å². The van der Waals surface area contributed by atoms with Gasteiger partial charge in [-0.15, -0.1) is 0 Å². The highest BCUT2D eigenvalue weighted by atomic mass is 35.5. The zero-order valence-corrected chi connectivity index (χ0v) is 13.7. The van der Waals surface area contributed by atoms with Crippen LogP contribution in [0.3, 0.4) is 0 Å². The number of nitrogens with one attached hydrogen (secondary N) is 3. The molecule has 4 nitrogen and oxygen atoms in total. The normalized spacial score (nSPS) is 11.7. The van der Waals surface area contributed by atoms with E-state index in [1.165, 1.54) is 5.39 Å². The maximum atomic E-state index is 6.16. The predicted octanol–water partition coefficient (Wildman–Crippen LogP) is 3.69. The molecule has 0 atom stereocenters. The average molecular weight is 327 g/mol. The van der Waals surface area contributed by atoms with E-state index >= 15 is 0 Å². The maximum Gasteiger partial charge on any atom is 0.191 e. The van der Waals surface area contributed by atoms with Crippen molar-refractivity contribution in [3.8, 4) is 0 Å². The summed E-state index contributed by atoms with van der Waals surface area (Å²) in [5.74, 6) is 0.739. The Kier molecular flexibility index (Phi) is 4.83. The molecular weight excluding hydrogens is 308 g/mol. The third-order valence-corrected chi connectivity index (χ3v) is 4.03. The van der Waals surface area contributed by atoms with Crippen LogP contribution in [0.4, 0.5) is 0 Å². The smallest absolute Gasteiger partial charge is 0.191 e. The van der Waals surface area contributed by atoms with Crippen LogP contribution >= 0.6 is 11.6 Å². The van der Waals surface area contributed by atoms with Crippen molar-refractivity contribution in [3.05, 3.63) is 70.9 Å². The highest BCUT2D eigenvalue weighted by molar-refractivity contribution is 6.31. The Morgan fingerprint density at radius 3 is 2.57 bits per heavy atom. The summed E-state index contributed by atoms with van der Waals surface area (Å²) in [5.41, 5.74) is 3.30. The molecule has 0 spiro atoms. The number of nitrogens with zero attached hydrogens (tertiary/aromatic N) is 1. The van der Waals surface area contributed by atoms with Crippen molar-refractivity contribution in [1.82, 2.24) is 15.6 Å². The topological polar surface area (TPSA) is 52.2 Å². The van der Waals surface area contributed by atoms with Crippen molar-refractivity contribution in [1.29, 1.82) is 0 Å². The van der Waals surface area contributed by atoms with Crippen LogP contribution < -0.4 is 10.6 Å². The van der Waals surface area contributed by atoms with E-state index in [0.29, 0.717) is 13.1 Å². The third kappa shape index (κ3) is 3.85. The molecule has 3 aromatic rings. The first-order chi connectivity index (χ1) is 11.3. The Morgan fingerprint density at radius 2 is 1.78 bits per heavy atom. The summed E-state index contributed by atoms with van der Waals surface area (Å²) in [4.78, 5) is 7.63. The van der Waals surface area contributed by atoms with E-state index < -0.39 is 0 Å². The van der Waals surface area contributed by atoms with Crippen molar-refractivity contribution < 1.29 is 0 Å². The highest BCUT2D eigenvalue weighted by Crippen LogP contribution is 2.15. The van der Waals surface area contributed by atoms with E-state index in [4.69, 9.17) is 11.6 Å². The number of H-pyrrole nitrogens is 1. The SMILES string of the molecule is CN=C(NCc1cc2ccccc2[nH]1)NCc1ccccc1Cl. The number of para-hydroxylation sites is 1. The second kappa shape index (κ2) is 7.20. The van der Waals surface area contributed by atoms with E-state index in [1.54, 1.807) is 7.05 Å². The molecule has 23 heavy (non-hydrogen) atoms. The minimum absolute atomic E-state index is 0.631. The van der Waals surface area contributed by atoms with Crippen LogP contribution in [0, 0.1) is 0 Å². The van der Waals surface area contributed by atoms with Crippen molar-refractivity contribution in [3.63, 3.8) is 0 Å². The van der Waals surface area contributed by atoms with E-state index in [2.05, 4.69) is 38.8 Å². The number of hydrogen-bond donors (Lipinski definition) is 3. The number of benzene rings is 2. The fourth-order valence-electron chi connectivity index (χ4n) is 2.45. The third-order valence-electron chi connectivity index (χ3n) is 3.66. The number of aromatic nitrogens is 1. The summed E-state index contributed by atoms with van der Waals surface area (Å²) in [5, 5.41) is 8.54. The van der Waals surface area contributed by atoms with Gasteiger partial charge in [0.1, 0.15) is 0 Å². The molecule has 118 valence electrons. The van der Waals surface area contributed by atoms with Crippen LogP contribution in [-0.4, -0.2) is 18.0 Å². The van der Waals surface area contributed by atoms with Crippen LogP contribution in [0.5, 0.6) is 0 Å². The first kappa shape index (κ1) is 15.4. The second-order valence-electron chi connectivity index (χ2n) is 5.25. The lowest BCUT2D eigenvalue weighted by molar-refractivity contribution is 0.799. The molecule has 0 radical (unpaired) electrons. The van der Waals surface area contributed by atoms with Gasteiger partial charge in [0.2, 0.25) is 0 Å². The largest absolute Gasteiger partial charge is 0.357 e. The van der Waals surface area contributed by atoms with E-state index in [9.17, 15) is 0 Å². The summed E-state index contributed by atoms with van der Waals surface area (Å²) in [7, 11) is 1.76. The van der Waals surface area contributed by atoms with Crippen molar-refractivity contribution in [2.45, 2.75) is 13.1 Å². The number of guanidine groups is 1. The molecule has 3 rings (SSSR count). The molecule has 2 aromatic carbocycles. The maximum absolute atomic E-state index is 6.16. The van der Waals surface area contributed by atoms with Crippen LogP contribution in [0.2, 0.25) is 5.02 Å². The summed E-state index contributed by atoms with van der Waals surface area (Å²) in [6.07, 6.45) is 0. The lowest BCUT2D eigenvalue weighted by Crippen LogP contribution is -2.36. The Hall–Kier alpha value is -2.46. The van der Waals surface area contributed by atoms with Gasteiger partial charge in [-0.05, 0) is 29.1 Å². The van der Waals surface area contributed by atoms with Gasteiger partial charge in [-0.1, -0.05) is 48.0 Å². The predicted molar refractivity (Wildman–Crippen MR) is 96.8 cm³/mol. The average Bonchev–Trinajstić information content (AvgIpc) is 2.99. The van der Waals surface area contributed by atoms with Crippen LogP contribution in [0.1, 0.15) is 11.3 Å². The Balaban J connectivity index is 1.58. The van der Waals surface area contributed by atoms with Gasteiger partial charge >= 0.3 is 0 Å². The summed E-state index contributed by atoms with van der Waals surface area (Å²) in [6, 6.07) is 18.2. The molecule has 0 aliphatic carbocycles. The molecule has 0 fully saturated rings. The van der Waals surface area contributed by atoms with Gasteiger partial charge in [-0.2, -0.15) is 0 Å². The van der Waals surface area contributed by atoms with Gasteiger partial charge in [0.05, 0.1) is 6.54 Å². The molecule has 0 unspecified atom stereocenters. The molecule has 1 aromatic heterocycles.